The van der Waals surface area contributed by atoms with Crippen LogP contribution in [0.5, 0.6) is 0 Å². The Kier molecular flexibility index (Phi) is 6.70. The highest BCUT2D eigenvalue weighted by Gasteiger charge is 2.20. The molecule has 1 heterocycles. The van der Waals surface area contributed by atoms with Crippen molar-refractivity contribution in [1.29, 1.82) is 0 Å². The standard InChI is InChI=1S/C12H25NS/c1-3-5-8-12-9-6-7-10-13(12)11-14-4-2/h12H,3-11H2,1-2H3/t12-/m0/s1. The summed E-state index contributed by atoms with van der Waals surface area (Å²) in [5.41, 5.74) is 0. The molecule has 1 nitrogen and oxygen atoms in total. The van der Waals surface area contributed by atoms with Crippen LogP contribution in [0.15, 0.2) is 0 Å². The van der Waals surface area contributed by atoms with Crippen LogP contribution in [0, 0.1) is 0 Å². The highest BCUT2D eigenvalue weighted by molar-refractivity contribution is 7.99. The average molecular weight is 215 g/mol. The summed E-state index contributed by atoms with van der Waals surface area (Å²) in [4.78, 5) is 2.72. The molecule has 0 spiro atoms. The van der Waals surface area contributed by atoms with Crippen molar-refractivity contribution in [3.05, 3.63) is 0 Å². The van der Waals surface area contributed by atoms with E-state index < -0.39 is 0 Å². The Hall–Kier alpha value is 0.310. The van der Waals surface area contributed by atoms with Gasteiger partial charge in [-0.3, -0.25) is 4.90 Å². The van der Waals surface area contributed by atoms with Gasteiger partial charge in [-0.15, -0.1) is 11.8 Å². The fourth-order valence-corrected chi connectivity index (χ4v) is 2.96. The summed E-state index contributed by atoms with van der Waals surface area (Å²) in [7, 11) is 0. The highest BCUT2D eigenvalue weighted by Crippen LogP contribution is 2.23. The molecule has 1 fully saturated rings. The average Bonchev–Trinajstić information content (AvgIpc) is 2.24. The van der Waals surface area contributed by atoms with Gasteiger partial charge in [-0.25, -0.2) is 0 Å². The Bertz CT molecular complexity index is 122. The lowest BCUT2D eigenvalue weighted by atomic mass is 9.98. The smallest absolute Gasteiger partial charge is 0.0447 e. The van der Waals surface area contributed by atoms with Crippen LogP contribution in [-0.4, -0.2) is 29.1 Å². The molecule has 1 saturated heterocycles. The zero-order valence-corrected chi connectivity index (χ0v) is 10.6. The van der Waals surface area contributed by atoms with Crippen molar-refractivity contribution in [2.45, 2.75) is 58.4 Å². The first kappa shape index (κ1) is 12.4. The molecule has 84 valence electrons. The fraction of sp³-hybridized carbons (Fsp3) is 1.00. The fourth-order valence-electron chi connectivity index (χ4n) is 2.21. The Balaban J connectivity index is 2.26. The van der Waals surface area contributed by atoms with Gasteiger partial charge < -0.3 is 0 Å². The van der Waals surface area contributed by atoms with E-state index in [0.717, 1.165) is 6.04 Å². The van der Waals surface area contributed by atoms with Gasteiger partial charge >= 0.3 is 0 Å². The summed E-state index contributed by atoms with van der Waals surface area (Å²) in [6.45, 7) is 5.91. The number of piperidine rings is 1. The third-order valence-corrected chi connectivity index (χ3v) is 4.02. The van der Waals surface area contributed by atoms with E-state index >= 15 is 0 Å². The van der Waals surface area contributed by atoms with Gasteiger partial charge in [0.15, 0.2) is 0 Å². The number of rotatable bonds is 6. The molecule has 1 aliphatic rings. The lowest BCUT2D eigenvalue weighted by molar-refractivity contribution is 0.165. The first-order chi connectivity index (χ1) is 6.88. The lowest BCUT2D eigenvalue weighted by Crippen LogP contribution is -2.39. The maximum absolute atomic E-state index is 2.72. The number of nitrogens with zero attached hydrogens (tertiary/aromatic N) is 1. The van der Waals surface area contributed by atoms with E-state index in [2.05, 4.69) is 30.5 Å². The van der Waals surface area contributed by atoms with Crippen LogP contribution >= 0.6 is 11.8 Å². The maximum Gasteiger partial charge on any atom is 0.0447 e. The number of hydrogen-bond donors (Lipinski definition) is 0. The van der Waals surface area contributed by atoms with E-state index in [-0.39, 0.29) is 0 Å². The molecule has 1 rings (SSSR count). The summed E-state index contributed by atoms with van der Waals surface area (Å²) in [6.07, 6.45) is 8.53. The van der Waals surface area contributed by atoms with Crippen molar-refractivity contribution < 1.29 is 0 Å². The first-order valence-corrected chi connectivity index (χ1v) is 7.35. The van der Waals surface area contributed by atoms with Gasteiger partial charge in [0.2, 0.25) is 0 Å². The number of thioether (sulfide) groups is 1. The third kappa shape index (κ3) is 4.22. The van der Waals surface area contributed by atoms with Crippen molar-refractivity contribution >= 4 is 11.8 Å². The quantitative estimate of drug-likeness (QED) is 0.664. The molecule has 0 unspecified atom stereocenters. The minimum Gasteiger partial charge on any atom is -0.291 e. The summed E-state index contributed by atoms with van der Waals surface area (Å²) < 4.78 is 0. The van der Waals surface area contributed by atoms with Crippen LogP contribution in [-0.2, 0) is 0 Å². The molecule has 0 aromatic rings. The Morgan fingerprint density at radius 3 is 2.86 bits per heavy atom. The normalized spacial score (nSPS) is 24.0. The predicted octanol–water partition coefficient (Wildman–Crippen LogP) is 3.74. The minimum absolute atomic E-state index is 0.905. The van der Waals surface area contributed by atoms with E-state index in [1.54, 1.807) is 0 Å². The maximum atomic E-state index is 2.72. The molecule has 0 aliphatic carbocycles. The molecule has 1 atom stereocenters. The van der Waals surface area contributed by atoms with Gasteiger partial charge in [0, 0.05) is 11.9 Å². The summed E-state index contributed by atoms with van der Waals surface area (Å²) in [6, 6.07) is 0.905. The molecule has 2 heteroatoms. The number of unbranched alkanes of at least 4 members (excludes halogenated alkanes) is 1. The monoisotopic (exact) mass is 215 g/mol. The van der Waals surface area contributed by atoms with Gasteiger partial charge in [-0.2, -0.15) is 0 Å². The van der Waals surface area contributed by atoms with E-state index in [9.17, 15) is 0 Å². The zero-order valence-electron chi connectivity index (χ0n) is 9.80. The van der Waals surface area contributed by atoms with Crippen molar-refractivity contribution in [3.63, 3.8) is 0 Å². The SMILES string of the molecule is CCCC[C@H]1CCCCN1CSCC. The second-order valence-electron chi connectivity index (χ2n) is 4.23. The van der Waals surface area contributed by atoms with Gasteiger partial charge in [0.1, 0.15) is 0 Å². The predicted molar refractivity (Wildman–Crippen MR) is 66.9 cm³/mol. The van der Waals surface area contributed by atoms with Crippen LogP contribution < -0.4 is 0 Å². The van der Waals surface area contributed by atoms with Gasteiger partial charge in [-0.05, 0) is 31.6 Å². The van der Waals surface area contributed by atoms with Gasteiger partial charge in [0.25, 0.3) is 0 Å². The van der Waals surface area contributed by atoms with Crippen molar-refractivity contribution in [3.8, 4) is 0 Å². The van der Waals surface area contributed by atoms with Crippen LogP contribution in [0.3, 0.4) is 0 Å². The second-order valence-corrected chi connectivity index (χ2v) is 5.47. The summed E-state index contributed by atoms with van der Waals surface area (Å²) in [5.74, 6) is 2.53. The summed E-state index contributed by atoms with van der Waals surface area (Å²) in [5, 5.41) is 0. The molecular formula is C12H25NS. The molecule has 0 N–H and O–H groups in total. The molecule has 0 saturated carbocycles. The van der Waals surface area contributed by atoms with E-state index in [4.69, 9.17) is 0 Å². The largest absolute Gasteiger partial charge is 0.291 e. The van der Waals surface area contributed by atoms with E-state index in [1.165, 1.54) is 56.7 Å². The van der Waals surface area contributed by atoms with Crippen molar-refractivity contribution in [2.24, 2.45) is 0 Å². The van der Waals surface area contributed by atoms with E-state index in [1.807, 2.05) is 0 Å². The molecule has 14 heavy (non-hydrogen) atoms. The molecular weight excluding hydrogens is 190 g/mol. The molecule has 0 aromatic carbocycles. The molecule has 0 amide bonds. The zero-order chi connectivity index (χ0) is 10.2. The third-order valence-electron chi connectivity index (χ3n) is 3.10. The highest BCUT2D eigenvalue weighted by atomic mass is 32.2. The Morgan fingerprint density at radius 2 is 2.14 bits per heavy atom. The Labute approximate surface area is 93.6 Å². The topological polar surface area (TPSA) is 3.24 Å². The Morgan fingerprint density at radius 1 is 1.29 bits per heavy atom. The van der Waals surface area contributed by atoms with Crippen LogP contribution in [0.1, 0.15) is 52.4 Å². The van der Waals surface area contributed by atoms with Gasteiger partial charge in [0.05, 0.1) is 0 Å². The molecule has 0 aromatic heterocycles. The first-order valence-electron chi connectivity index (χ1n) is 6.20. The van der Waals surface area contributed by atoms with E-state index in [0.29, 0.717) is 0 Å². The van der Waals surface area contributed by atoms with Crippen LogP contribution in [0.2, 0.25) is 0 Å². The molecule has 1 aliphatic heterocycles. The molecule has 0 bridgehead atoms. The minimum atomic E-state index is 0.905. The van der Waals surface area contributed by atoms with Crippen LogP contribution in [0.4, 0.5) is 0 Å². The number of likely N-dealkylation sites (tertiary alicyclic amines) is 1. The van der Waals surface area contributed by atoms with Crippen molar-refractivity contribution in [1.82, 2.24) is 4.90 Å². The number of hydrogen-bond acceptors (Lipinski definition) is 2. The van der Waals surface area contributed by atoms with Crippen molar-refractivity contribution in [2.75, 3.05) is 18.2 Å². The van der Waals surface area contributed by atoms with Crippen LogP contribution in [0.25, 0.3) is 0 Å². The van der Waals surface area contributed by atoms with Gasteiger partial charge in [-0.1, -0.05) is 33.1 Å². The molecule has 0 radical (unpaired) electrons. The second kappa shape index (κ2) is 7.58. The summed E-state index contributed by atoms with van der Waals surface area (Å²) >= 11 is 2.08. The lowest BCUT2D eigenvalue weighted by Gasteiger charge is -2.35.